The number of fused-ring (bicyclic) bond motifs is 1. The molecule has 0 saturated carbocycles. The van der Waals surface area contributed by atoms with Crippen molar-refractivity contribution in [2.45, 2.75) is 83.1 Å². The molecule has 2 bridgehead atoms. The van der Waals surface area contributed by atoms with Gasteiger partial charge in [-0.1, -0.05) is 25.1 Å². The number of amides is 3. The van der Waals surface area contributed by atoms with Crippen LogP contribution in [0.15, 0.2) is 30.3 Å². The van der Waals surface area contributed by atoms with Crippen LogP contribution < -0.4 is 10.6 Å². The fourth-order valence-corrected chi connectivity index (χ4v) is 6.43. The van der Waals surface area contributed by atoms with Crippen LogP contribution in [0.1, 0.15) is 60.3 Å². The molecule has 3 aliphatic heterocycles. The summed E-state index contributed by atoms with van der Waals surface area (Å²) in [6.45, 7) is 10.2. The lowest BCUT2D eigenvalue weighted by atomic mass is 9.62. The summed E-state index contributed by atoms with van der Waals surface area (Å²) < 4.78 is 6.71. The van der Waals surface area contributed by atoms with Gasteiger partial charge in [-0.3, -0.25) is 14.4 Å². The third kappa shape index (κ3) is 4.35. The van der Waals surface area contributed by atoms with Crippen LogP contribution in [0.3, 0.4) is 0 Å². The second-order valence-electron chi connectivity index (χ2n) is 11.6. The van der Waals surface area contributed by atoms with Gasteiger partial charge in [0.2, 0.25) is 17.7 Å². The standard InChI is InChI=1S/C27H39N3O5/c1-17-16-27-20(19(26(17,5)35-27)22(32)28-18-12-8-6-9-13-18)24(34)30(14-10-7-11-15-31)21(27)23(33)29-25(2,3)4/h6,8-9,12-13,17,19-21,31H,7,10-11,14-16H2,1-5H3,(H,28,32)(H,29,33)/t17?,19-,20+,21?,26+,27?/m1/s1. The molecule has 1 aromatic rings. The minimum Gasteiger partial charge on any atom is -0.396 e. The SMILES string of the molecule is CC1CC23O[C@]1(C)[C@@H](C(=O)Nc1ccccc1)[C@H]2C(=O)N(CCCCCO)C3C(=O)NC(C)(C)C. The Morgan fingerprint density at radius 2 is 1.83 bits per heavy atom. The van der Waals surface area contributed by atoms with E-state index in [0.717, 1.165) is 6.42 Å². The van der Waals surface area contributed by atoms with Crippen LogP contribution in [0.25, 0.3) is 0 Å². The van der Waals surface area contributed by atoms with Crippen molar-refractivity contribution in [2.24, 2.45) is 17.8 Å². The summed E-state index contributed by atoms with van der Waals surface area (Å²) in [5.74, 6) is -2.10. The van der Waals surface area contributed by atoms with Gasteiger partial charge >= 0.3 is 0 Å². The Morgan fingerprint density at radius 1 is 1.14 bits per heavy atom. The van der Waals surface area contributed by atoms with Crippen molar-refractivity contribution in [2.75, 3.05) is 18.5 Å². The van der Waals surface area contributed by atoms with Crippen molar-refractivity contribution in [3.63, 3.8) is 0 Å². The number of anilines is 1. The van der Waals surface area contributed by atoms with Crippen LogP contribution in [0.4, 0.5) is 5.69 Å². The number of para-hydroxylation sites is 1. The number of ether oxygens (including phenoxy) is 1. The number of hydrogen-bond acceptors (Lipinski definition) is 5. The van der Waals surface area contributed by atoms with Crippen LogP contribution in [0, 0.1) is 17.8 Å². The van der Waals surface area contributed by atoms with Crippen LogP contribution in [0.2, 0.25) is 0 Å². The summed E-state index contributed by atoms with van der Waals surface area (Å²) in [6.07, 6.45) is 2.61. The smallest absolute Gasteiger partial charge is 0.246 e. The second kappa shape index (κ2) is 9.21. The quantitative estimate of drug-likeness (QED) is 0.491. The van der Waals surface area contributed by atoms with E-state index in [1.807, 2.05) is 65.0 Å². The number of carbonyl (C=O) groups is 3. The molecular weight excluding hydrogens is 446 g/mol. The Morgan fingerprint density at radius 3 is 2.46 bits per heavy atom. The molecule has 0 aromatic heterocycles. The van der Waals surface area contributed by atoms with Gasteiger partial charge in [0, 0.05) is 24.4 Å². The van der Waals surface area contributed by atoms with Crippen LogP contribution in [-0.4, -0.2) is 63.7 Å². The lowest BCUT2D eigenvalue weighted by Gasteiger charge is -2.36. The Kier molecular flexibility index (Phi) is 6.74. The average Bonchev–Trinajstić information content (AvgIpc) is 3.27. The molecule has 0 radical (unpaired) electrons. The summed E-state index contributed by atoms with van der Waals surface area (Å²) in [6, 6.07) is 8.41. The number of benzene rings is 1. The maximum absolute atomic E-state index is 14.0. The first-order valence-corrected chi connectivity index (χ1v) is 12.7. The van der Waals surface area contributed by atoms with Crippen molar-refractivity contribution >= 4 is 23.4 Å². The van der Waals surface area contributed by atoms with E-state index in [4.69, 9.17) is 9.84 Å². The van der Waals surface area contributed by atoms with E-state index < -0.39 is 34.6 Å². The number of hydrogen-bond donors (Lipinski definition) is 3. The third-order valence-corrected chi connectivity index (χ3v) is 7.94. The topological polar surface area (TPSA) is 108 Å². The lowest BCUT2D eigenvalue weighted by molar-refractivity contribution is -0.147. The zero-order valence-electron chi connectivity index (χ0n) is 21.5. The van der Waals surface area contributed by atoms with Gasteiger partial charge in [0.1, 0.15) is 11.6 Å². The van der Waals surface area contributed by atoms with Crippen molar-refractivity contribution < 1.29 is 24.2 Å². The zero-order valence-corrected chi connectivity index (χ0v) is 21.5. The second-order valence-corrected chi connectivity index (χ2v) is 11.6. The Labute approximate surface area is 207 Å². The molecular formula is C27H39N3O5. The highest BCUT2D eigenvalue weighted by molar-refractivity contribution is 6.02. The van der Waals surface area contributed by atoms with Gasteiger partial charge < -0.3 is 25.4 Å². The Hall–Kier alpha value is -2.45. The lowest BCUT2D eigenvalue weighted by Crippen LogP contribution is -2.58. The molecule has 1 aromatic carbocycles. The minimum absolute atomic E-state index is 0.00245. The molecule has 192 valence electrons. The molecule has 3 amide bonds. The van der Waals surface area contributed by atoms with Crippen LogP contribution in [0.5, 0.6) is 0 Å². The number of rotatable bonds is 8. The third-order valence-electron chi connectivity index (χ3n) is 7.94. The van der Waals surface area contributed by atoms with E-state index in [-0.39, 0.29) is 30.2 Å². The van der Waals surface area contributed by atoms with E-state index in [0.29, 0.717) is 31.5 Å². The summed E-state index contributed by atoms with van der Waals surface area (Å²) in [7, 11) is 0. The highest BCUT2D eigenvalue weighted by Gasteiger charge is 2.79. The van der Waals surface area contributed by atoms with Crippen molar-refractivity contribution in [1.29, 1.82) is 0 Å². The first-order chi connectivity index (χ1) is 16.4. The molecule has 3 saturated heterocycles. The molecule has 3 aliphatic rings. The van der Waals surface area contributed by atoms with Gasteiger partial charge in [0.15, 0.2) is 0 Å². The normalized spacial score (nSPS) is 33.7. The van der Waals surface area contributed by atoms with Crippen molar-refractivity contribution in [1.82, 2.24) is 10.2 Å². The number of nitrogens with one attached hydrogen (secondary N) is 2. The first kappa shape index (κ1) is 25.6. The van der Waals surface area contributed by atoms with Crippen molar-refractivity contribution in [3.8, 4) is 0 Å². The molecule has 6 atom stereocenters. The molecule has 3 fully saturated rings. The molecule has 3 heterocycles. The fraction of sp³-hybridized carbons (Fsp3) is 0.667. The predicted molar refractivity (Wildman–Crippen MR) is 132 cm³/mol. The highest BCUT2D eigenvalue weighted by Crippen LogP contribution is 2.65. The van der Waals surface area contributed by atoms with Crippen LogP contribution >= 0.6 is 0 Å². The predicted octanol–water partition coefficient (Wildman–Crippen LogP) is 2.71. The van der Waals surface area contributed by atoms with Crippen LogP contribution in [-0.2, 0) is 19.1 Å². The molecule has 4 rings (SSSR count). The average molecular weight is 486 g/mol. The molecule has 35 heavy (non-hydrogen) atoms. The molecule has 1 spiro atoms. The highest BCUT2D eigenvalue weighted by atomic mass is 16.5. The number of aliphatic hydroxyl groups is 1. The van der Waals surface area contributed by atoms with E-state index >= 15 is 0 Å². The largest absolute Gasteiger partial charge is 0.396 e. The number of carbonyl (C=O) groups excluding carboxylic acids is 3. The van der Waals surface area contributed by atoms with Gasteiger partial charge in [-0.05, 0) is 71.4 Å². The molecule has 3 unspecified atom stereocenters. The Bertz CT molecular complexity index is 977. The van der Waals surface area contributed by atoms with E-state index in [9.17, 15) is 14.4 Å². The number of aliphatic hydroxyl groups excluding tert-OH is 1. The monoisotopic (exact) mass is 485 g/mol. The van der Waals surface area contributed by atoms with Gasteiger partial charge in [-0.25, -0.2) is 0 Å². The van der Waals surface area contributed by atoms with Gasteiger partial charge in [-0.15, -0.1) is 0 Å². The van der Waals surface area contributed by atoms with E-state index in [2.05, 4.69) is 10.6 Å². The summed E-state index contributed by atoms with van der Waals surface area (Å²) in [4.78, 5) is 43.0. The van der Waals surface area contributed by atoms with Gasteiger partial charge in [0.05, 0.1) is 17.4 Å². The molecule has 0 aliphatic carbocycles. The van der Waals surface area contributed by atoms with Crippen molar-refractivity contribution in [3.05, 3.63) is 30.3 Å². The number of unbranched alkanes of at least 4 members (excludes halogenated alkanes) is 2. The number of likely N-dealkylation sites (tertiary alicyclic amines) is 1. The summed E-state index contributed by atoms with van der Waals surface area (Å²) in [5.41, 5.74) is -1.70. The van der Waals surface area contributed by atoms with E-state index in [1.54, 1.807) is 4.90 Å². The number of nitrogens with zero attached hydrogens (tertiary/aromatic N) is 1. The maximum Gasteiger partial charge on any atom is 0.246 e. The zero-order chi connectivity index (χ0) is 25.6. The molecule has 3 N–H and O–H groups in total. The van der Waals surface area contributed by atoms with E-state index in [1.165, 1.54) is 0 Å². The maximum atomic E-state index is 14.0. The summed E-state index contributed by atoms with van der Waals surface area (Å²) in [5, 5.41) is 15.2. The Balaban J connectivity index is 1.70. The summed E-state index contributed by atoms with van der Waals surface area (Å²) >= 11 is 0. The van der Waals surface area contributed by atoms with Gasteiger partial charge in [-0.2, -0.15) is 0 Å². The first-order valence-electron chi connectivity index (χ1n) is 12.7. The fourth-order valence-electron chi connectivity index (χ4n) is 6.43. The molecule has 8 nitrogen and oxygen atoms in total. The minimum atomic E-state index is -1.05. The van der Waals surface area contributed by atoms with Gasteiger partial charge in [0.25, 0.3) is 0 Å². The molecule has 8 heteroatoms.